The highest BCUT2D eigenvalue weighted by Crippen LogP contribution is 2.22. The number of ether oxygens (including phenoxy) is 1. The third-order valence-corrected chi connectivity index (χ3v) is 4.80. The Bertz CT molecular complexity index is 1290. The number of nitrogens with one attached hydrogen (secondary N) is 2. The van der Waals surface area contributed by atoms with Crippen molar-refractivity contribution in [3.05, 3.63) is 94.4 Å². The van der Waals surface area contributed by atoms with E-state index in [4.69, 9.17) is 9.26 Å². The van der Waals surface area contributed by atoms with Gasteiger partial charge in [0, 0.05) is 34.6 Å². The van der Waals surface area contributed by atoms with Crippen LogP contribution < -0.4 is 15.4 Å². The normalized spacial score (nSPS) is 10.5. The molecule has 10 heteroatoms. The molecule has 1 amide bonds. The van der Waals surface area contributed by atoms with E-state index < -0.39 is 4.92 Å². The average Bonchev–Trinajstić information content (AvgIpc) is 3.34. The first kappa shape index (κ1) is 22.5. The molecule has 4 rings (SSSR count). The van der Waals surface area contributed by atoms with Gasteiger partial charge in [0.1, 0.15) is 5.75 Å². The van der Waals surface area contributed by atoms with Crippen LogP contribution in [0, 0.1) is 10.1 Å². The van der Waals surface area contributed by atoms with Crippen LogP contribution in [0.25, 0.3) is 11.4 Å². The van der Waals surface area contributed by atoms with E-state index >= 15 is 0 Å². The molecule has 2 N–H and O–H groups in total. The van der Waals surface area contributed by atoms with E-state index in [9.17, 15) is 14.9 Å². The second-order valence-corrected chi connectivity index (χ2v) is 7.16. The Morgan fingerprint density at radius 1 is 1.06 bits per heavy atom. The maximum atomic E-state index is 12.5. The van der Waals surface area contributed by atoms with Crippen molar-refractivity contribution >= 4 is 23.0 Å². The minimum atomic E-state index is -0.478. The Hall–Kier alpha value is -4.73. The van der Waals surface area contributed by atoms with Crippen molar-refractivity contribution < 1.29 is 19.0 Å². The summed E-state index contributed by atoms with van der Waals surface area (Å²) in [5, 5.41) is 20.8. The molecule has 10 nitrogen and oxygen atoms in total. The molecule has 1 heterocycles. The SMILES string of the molecule is CCOc1ccc(NC(=O)c2ccc(NCc3nc(-c4cccc([N+](=O)[O-])c4)no3)cc2)cc1. The van der Waals surface area contributed by atoms with Gasteiger partial charge in [0.05, 0.1) is 18.1 Å². The fraction of sp³-hybridized carbons (Fsp3) is 0.125. The van der Waals surface area contributed by atoms with Gasteiger partial charge in [-0.1, -0.05) is 17.3 Å². The van der Waals surface area contributed by atoms with Crippen LogP contribution in [0.3, 0.4) is 0 Å². The van der Waals surface area contributed by atoms with Crippen LogP contribution in [0.1, 0.15) is 23.2 Å². The zero-order valence-corrected chi connectivity index (χ0v) is 18.2. The summed E-state index contributed by atoms with van der Waals surface area (Å²) < 4.78 is 10.6. The molecule has 0 spiro atoms. The lowest BCUT2D eigenvalue weighted by atomic mass is 10.2. The van der Waals surface area contributed by atoms with Crippen LogP contribution >= 0.6 is 0 Å². The molecule has 0 bridgehead atoms. The third kappa shape index (κ3) is 5.54. The molecule has 0 aliphatic heterocycles. The lowest BCUT2D eigenvalue weighted by molar-refractivity contribution is -0.384. The Kier molecular flexibility index (Phi) is 6.78. The second-order valence-electron chi connectivity index (χ2n) is 7.16. The first-order valence-electron chi connectivity index (χ1n) is 10.5. The van der Waals surface area contributed by atoms with E-state index in [1.807, 2.05) is 6.92 Å². The minimum Gasteiger partial charge on any atom is -0.494 e. The lowest BCUT2D eigenvalue weighted by Gasteiger charge is -2.08. The topological polar surface area (TPSA) is 132 Å². The van der Waals surface area contributed by atoms with Crippen LogP contribution in [0.2, 0.25) is 0 Å². The van der Waals surface area contributed by atoms with E-state index in [2.05, 4.69) is 20.8 Å². The molecule has 3 aromatic carbocycles. The smallest absolute Gasteiger partial charge is 0.270 e. The summed E-state index contributed by atoms with van der Waals surface area (Å²) in [6.45, 7) is 2.74. The van der Waals surface area contributed by atoms with E-state index in [1.54, 1.807) is 60.7 Å². The summed E-state index contributed by atoms with van der Waals surface area (Å²) in [5.74, 6) is 1.10. The summed E-state index contributed by atoms with van der Waals surface area (Å²) >= 11 is 0. The largest absolute Gasteiger partial charge is 0.494 e. The highest BCUT2D eigenvalue weighted by atomic mass is 16.6. The van der Waals surface area contributed by atoms with Crippen LogP contribution in [0.15, 0.2) is 77.3 Å². The lowest BCUT2D eigenvalue weighted by Crippen LogP contribution is -2.11. The van der Waals surface area contributed by atoms with Gasteiger partial charge in [-0.2, -0.15) is 4.98 Å². The third-order valence-electron chi connectivity index (χ3n) is 4.80. The summed E-state index contributed by atoms with van der Waals surface area (Å²) in [6.07, 6.45) is 0. The number of benzene rings is 3. The molecule has 34 heavy (non-hydrogen) atoms. The van der Waals surface area contributed by atoms with Crippen molar-refractivity contribution in [2.45, 2.75) is 13.5 Å². The number of nitro benzene ring substituents is 1. The monoisotopic (exact) mass is 459 g/mol. The molecule has 0 unspecified atom stereocenters. The first-order valence-corrected chi connectivity index (χ1v) is 10.5. The Labute approximate surface area is 194 Å². The zero-order chi connectivity index (χ0) is 23.9. The predicted octanol–water partition coefficient (Wildman–Crippen LogP) is 4.91. The maximum Gasteiger partial charge on any atom is 0.270 e. The summed E-state index contributed by atoms with van der Waals surface area (Å²) in [5.41, 5.74) is 2.38. The number of hydrogen-bond acceptors (Lipinski definition) is 8. The number of carbonyl (C=O) groups excluding carboxylic acids is 1. The van der Waals surface area contributed by atoms with Crippen molar-refractivity contribution in [3.63, 3.8) is 0 Å². The molecule has 172 valence electrons. The van der Waals surface area contributed by atoms with Gasteiger partial charge in [0.15, 0.2) is 0 Å². The van der Waals surface area contributed by atoms with Crippen LogP contribution in [-0.2, 0) is 6.54 Å². The Balaban J connectivity index is 1.33. The number of hydrogen-bond donors (Lipinski definition) is 2. The van der Waals surface area contributed by atoms with E-state index in [1.165, 1.54) is 12.1 Å². The average molecular weight is 459 g/mol. The predicted molar refractivity (Wildman–Crippen MR) is 126 cm³/mol. The highest BCUT2D eigenvalue weighted by molar-refractivity contribution is 6.04. The van der Waals surface area contributed by atoms with E-state index in [0.717, 1.165) is 11.4 Å². The van der Waals surface area contributed by atoms with Crippen molar-refractivity contribution in [3.8, 4) is 17.1 Å². The summed E-state index contributed by atoms with van der Waals surface area (Å²) in [4.78, 5) is 27.2. The first-order chi connectivity index (χ1) is 16.5. The fourth-order valence-corrected chi connectivity index (χ4v) is 3.12. The van der Waals surface area contributed by atoms with Gasteiger partial charge < -0.3 is 19.9 Å². The van der Waals surface area contributed by atoms with Crippen LogP contribution in [0.4, 0.5) is 17.1 Å². The molecule has 0 saturated heterocycles. The zero-order valence-electron chi connectivity index (χ0n) is 18.2. The number of nitrogens with zero attached hydrogens (tertiary/aromatic N) is 3. The molecule has 0 aliphatic carbocycles. The number of nitro groups is 1. The van der Waals surface area contributed by atoms with Gasteiger partial charge >= 0.3 is 0 Å². The number of amides is 1. The van der Waals surface area contributed by atoms with Gasteiger partial charge in [0.2, 0.25) is 11.7 Å². The fourth-order valence-electron chi connectivity index (χ4n) is 3.12. The Morgan fingerprint density at radius 2 is 1.79 bits per heavy atom. The quantitative estimate of drug-likeness (QED) is 0.267. The van der Waals surface area contributed by atoms with Crippen molar-refractivity contribution in [2.24, 2.45) is 0 Å². The van der Waals surface area contributed by atoms with Gasteiger partial charge in [-0.15, -0.1) is 0 Å². The maximum absolute atomic E-state index is 12.5. The second kappa shape index (κ2) is 10.3. The molecule has 0 aliphatic rings. The molecule has 0 saturated carbocycles. The van der Waals surface area contributed by atoms with Gasteiger partial charge in [0.25, 0.3) is 11.6 Å². The van der Waals surface area contributed by atoms with Gasteiger partial charge in [-0.3, -0.25) is 14.9 Å². The van der Waals surface area contributed by atoms with E-state index in [0.29, 0.717) is 29.3 Å². The Morgan fingerprint density at radius 3 is 2.50 bits per heavy atom. The molecule has 4 aromatic rings. The number of non-ortho nitro benzene ring substituents is 1. The molecule has 1 aromatic heterocycles. The van der Waals surface area contributed by atoms with Crippen molar-refractivity contribution in [2.75, 3.05) is 17.2 Å². The van der Waals surface area contributed by atoms with Crippen LogP contribution in [-0.4, -0.2) is 27.6 Å². The molecular weight excluding hydrogens is 438 g/mol. The van der Waals surface area contributed by atoms with Gasteiger partial charge in [-0.05, 0) is 55.5 Å². The number of aromatic nitrogens is 2. The number of rotatable bonds is 9. The van der Waals surface area contributed by atoms with E-state index in [-0.39, 0.29) is 24.0 Å². The minimum absolute atomic E-state index is 0.0476. The molecule has 0 radical (unpaired) electrons. The van der Waals surface area contributed by atoms with Crippen LogP contribution in [0.5, 0.6) is 5.75 Å². The highest BCUT2D eigenvalue weighted by Gasteiger charge is 2.13. The number of anilines is 2. The molecule has 0 atom stereocenters. The van der Waals surface area contributed by atoms with Crippen molar-refractivity contribution in [1.82, 2.24) is 10.1 Å². The summed E-state index contributed by atoms with van der Waals surface area (Å²) in [7, 11) is 0. The molecule has 0 fully saturated rings. The van der Waals surface area contributed by atoms with Crippen molar-refractivity contribution in [1.29, 1.82) is 0 Å². The van der Waals surface area contributed by atoms with Gasteiger partial charge in [-0.25, -0.2) is 0 Å². The number of carbonyl (C=O) groups is 1. The summed E-state index contributed by atoms with van der Waals surface area (Å²) in [6, 6.07) is 20.1. The standard InChI is InChI=1S/C24H21N5O5/c1-2-33-21-12-10-19(11-13-21)26-24(30)16-6-8-18(9-7-16)25-15-22-27-23(28-34-22)17-4-3-5-20(14-17)29(31)32/h3-14,25H,2,15H2,1H3,(H,26,30). The molecular formula is C24H21N5O5.